The Morgan fingerprint density at radius 1 is 1.21 bits per heavy atom. The number of benzene rings is 1. The third-order valence-electron chi connectivity index (χ3n) is 1.47. The number of rotatable bonds is 2. The van der Waals surface area contributed by atoms with E-state index >= 15 is 0 Å². The molecule has 0 aliphatic rings. The van der Waals surface area contributed by atoms with Gasteiger partial charge in [0, 0.05) is 4.91 Å². The van der Waals surface area contributed by atoms with Crippen LogP contribution in [-0.4, -0.2) is 0 Å². The average Bonchev–Trinajstić information content (AvgIpc) is 2.07. The van der Waals surface area contributed by atoms with E-state index in [1.54, 1.807) is 18.2 Å². The lowest BCUT2D eigenvalue weighted by molar-refractivity contribution is 1.05. The van der Waals surface area contributed by atoms with Crippen LogP contribution in [0.4, 0.5) is 11.4 Å². The first-order valence-electron chi connectivity index (χ1n) is 3.39. The van der Waals surface area contributed by atoms with Crippen molar-refractivity contribution in [1.29, 1.82) is 0 Å². The zero-order valence-corrected chi connectivity index (χ0v) is 8.88. The molecule has 0 aromatic heterocycles. The molecule has 0 fully saturated rings. The summed E-state index contributed by atoms with van der Waals surface area (Å²) >= 11 is 0. The van der Waals surface area contributed by atoms with Crippen LogP contribution in [0.5, 0.6) is 0 Å². The van der Waals surface area contributed by atoms with Crippen LogP contribution in [0.3, 0.4) is 0 Å². The number of hydrogen-bond acceptors (Lipinski definition) is 3. The Morgan fingerprint density at radius 3 is 2.36 bits per heavy atom. The molecule has 0 aliphatic carbocycles. The highest BCUT2D eigenvalue weighted by Crippen LogP contribution is 2.16. The largest absolute Gasteiger partial charge is 0.397 e. The van der Waals surface area contributed by atoms with E-state index in [0.717, 1.165) is 5.56 Å². The summed E-state index contributed by atoms with van der Waals surface area (Å²) in [7, 11) is 0. The van der Waals surface area contributed by atoms with Gasteiger partial charge in [-0.25, -0.2) is 0 Å². The summed E-state index contributed by atoms with van der Waals surface area (Å²) in [6, 6.07) is 5.17. The SMILES string of the molecule is Cl.Cl.[N-]=[N+]=NCc1ccc(N)c(N)c1. The second-order valence-corrected chi connectivity index (χ2v) is 2.35. The molecule has 7 heteroatoms. The summed E-state index contributed by atoms with van der Waals surface area (Å²) in [5.74, 6) is 0. The third-order valence-corrected chi connectivity index (χ3v) is 1.47. The number of halogens is 2. The standard InChI is InChI=1S/C7H9N5.2ClH/c8-6-2-1-5(3-7(6)9)4-11-12-10;;/h1-3H,4,8-9H2;2*1H. The van der Waals surface area contributed by atoms with Gasteiger partial charge < -0.3 is 11.5 Å². The van der Waals surface area contributed by atoms with E-state index in [9.17, 15) is 0 Å². The van der Waals surface area contributed by atoms with Crippen LogP contribution in [0.1, 0.15) is 5.56 Å². The van der Waals surface area contributed by atoms with Gasteiger partial charge in [0.25, 0.3) is 0 Å². The first kappa shape index (κ1) is 15.2. The number of nitrogens with two attached hydrogens (primary N) is 2. The molecule has 0 radical (unpaired) electrons. The Kier molecular flexibility index (Phi) is 7.76. The molecule has 0 saturated heterocycles. The second-order valence-electron chi connectivity index (χ2n) is 2.35. The third kappa shape index (κ3) is 4.09. The topological polar surface area (TPSA) is 101 Å². The van der Waals surface area contributed by atoms with E-state index in [4.69, 9.17) is 17.0 Å². The van der Waals surface area contributed by atoms with E-state index in [0.29, 0.717) is 17.9 Å². The lowest BCUT2D eigenvalue weighted by atomic mass is 10.2. The van der Waals surface area contributed by atoms with Gasteiger partial charge in [-0.3, -0.25) is 0 Å². The molecule has 78 valence electrons. The predicted octanol–water partition coefficient (Wildman–Crippen LogP) is 2.50. The van der Waals surface area contributed by atoms with Gasteiger partial charge in [0.2, 0.25) is 0 Å². The van der Waals surface area contributed by atoms with Crippen molar-refractivity contribution in [2.45, 2.75) is 6.54 Å². The van der Waals surface area contributed by atoms with Crippen LogP contribution in [0.25, 0.3) is 10.4 Å². The van der Waals surface area contributed by atoms with Crippen molar-refractivity contribution in [2.75, 3.05) is 11.5 Å². The minimum atomic E-state index is 0. The highest BCUT2D eigenvalue weighted by Gasteiger charge is 1.95. The predicted molar refractivity (Wildman–Crippen MR) is 62.6 cm³/mol. The smallest absolute Gasteiger partial charge is 0.0550 e. The molecule has 0 atom stereocenters. The first-order valence-corrected chi connectivity index (χ1v) is 3.39. The van der Waals surface area contributed by atoms with Crippen molar-refractivity contribution in [3.8, 4) is 0 Å². The molecule has 4 N–H and O–H groups in total. The summed E-state index contributed by atoms with van der Waals surface area (Å²) in [6.07, 6.45) is 0. The van der Waals surface area contributed by atoms with E-state index in [-0.39, 0.29) is 24.8 Å². The lowest BCUT2D eigenvalue weighted by Gasteiger charge is -2.01. The van der Waals surface area contributed by atoms with Crippen LogP contribution in [0.2, 0.25) is 0 Å². The maximum Gasteiger partial charge on any atom is 0.0550 e. The van der Waals surface area contributed by atoms with Crippen LogP contribution in [-0.2, 0) is 6.54 Å². The van der Waals surface area contributed by atoms with Crippen LogP contribution in [0, 0.1) is 0 Å². The summed E-state index contributed by atoms with van der Waals surface area (Å²) < 4.78 is 0. The molecule has 5 nitrogen and oxygen atoms in total. The molecule has 0 saturated carbocycles. The highest BCUT2D eigenvalue weighted by molar-refractivity contribution is 5.85. The Hall–Kier alpha value is -1.29. The fraction of sp³-hybridized carbons (Fsp3) is 0.143. The van der Waals surface area contributed by atoms with Gasteiger partial charge >= 0.3 is 0 Å². The average molecular weight is 236 g/mol. The molecule has 0 spiro atoms. The first-order chi connectivity index (χ1) is 5.74. The molecular formula is C7H11Cl2N5. The van der Waals surface area contributed by atoms with Crippen molar-refractivity contribution in [3.05, 3.63) is 34.2 Å². The molecule has 1 rings (SSSR count). The van der Waals surface area contributed by atoms with Crippen molar-refractivity contribution in [3.63, 3.8) is 0 Å². The Morgan fingerprint density at radius 2 is 1.86 bits per heavy atom. The summed E-state index contributed by atoms with van der Waals surface area (Å²) in [4.78, 5) is 2.64. The molecule has 1 aromatic carbocycles. The zero-order chi connectivity index (χ0) is 8.97. The van der Waals surface area contributed by atoms with E-state index in [1.807, 2.05) is 0 Å². The van der Waals surface area contributed by atoms with Gasteiger partial charge in [0.1, 0.15) is 0 Å². The van der Waals surface area contributed by atoms with Crippen molar-refractivity contribution in [2.24, 2.45) is 5.11 Å². The van der Waals surface area contributed by atoms with Gasteiger partial charge in [0.05, 0.1) is 17.9 Å². The van der Waals surface area contributed by atoms with Crippen molar-refractivity contribution in [1.82, 2.24) is 0 Å². The lowest BCUT2D eigenvalue weighted by Crippen LogP contribution is -1.95. The fourth-order valence-electron chi connectivity index (χ4n) is 0.836. The number of azide groups is 1. The molecule has 14 heavy (non-hydrogen) atoms. The maximum atomic E-state index is 8.05. The van der Waals surface area contributed by atoms with E-state index in [1.165, 1.54) is 0 Å². The van der Waals surface area contributed by atoms with Crippen LogP contribution < -0.4 is 11.5 Å². The van der Waals surface area contributed by atoms with E-state index in [2.05, 4.69) is 10.0 Å². The Labute approximate surface area is 93.9 Å². The molecule has 0 unspecified atom stereocenters. The summed E-state index contributed by atoms with van der Waals surface area (Å²) in [5, 5.41) is 3.40. The number of hydrogen-bond donors (Lipinski definition) is 2. The van der Waals surface area contributed by atoms with Gasteiger partial charge in [0.15, 0.2) is 0 Å². The molecular weight excluding hydrogens is 225 g/mol. The Balaban J connectivity index is 0. The fourth-order valence-corrected chi connectivity index (χ4v) is 0.836. The highest BCUT2D eigenvalue weighted by atomic mass is 35.5. The zero-order valence-electron chi connectivity index (χ0n) is 7.25. The molecule has 0 heterocycles. The van der Waals surface area contributed by atoms with Crippen molar-refractivity contribution >= 4 is 36.2 Å². The van der Waals surface area contributed by atoms with Gasteiger partial charge in [-0.15, -0.1) is 24.8 Å². The minimum absolute atomic E-state index is 0. The molecule has 1 aromatic rings. The molecule has 0 bridgehead atoms. The number of anilines is 2. The number of nitrogen functional groups attached to an aromatic ring is 2. The van der Waals surface area contributed by atoms with Crippen molar-refractivity contribution < 1.29 is 0 Å². The van der Waals surface area contributed by atoms with Gasteiger partial charge in [-0.05, 0) is 23.2 Å². The second kappa shape index (κ2) is 7.15. The van der Waals surface area contributed by atoms with E-state index < -0.39 is 0 Å². The quantitative estimate of drug-likeness (QED) is 0.356. The summed E-state index contributed by atoms with van der Waals surface area (Å²) in [5.41, 5.74) is 21.0. The minimum Gasteiger partial charge on any atom is -0.397 e. The molecule has 0 amide bonds. The summed E-state index contributed by atoms with van der Waals surface area (Å²) in [6.45, 7) is 0.307. The Bertz CT molecular complexity index is 335. The maximum absolute atomic E-state index is 8.05. The number of nitrogens with zero attached hydrogens (tertiary/aromatic N) is 3. The normalized spacial score (nSPS) is 7.71. The van der Waals surface area contributed by atoms with Gasteiger partial charge in [-0.1, -0.05) is 11.2 Å². The van der Waals surface area contributed by atoms with Crippen LogP contribution in [0.15, 0.2) is 23.3 Å². The monoisotopic (exact) mass is 235 g/mol. The van der Waals surface area contributed by atoms with Crippen LogP contribution >= 0.6 is 24.8 Å². The molecule has 0 aliphatic heterocycles. The van der Waals surface area contributed by atoms with Gasteiger partial charge in [-0.2, -0.15) is 0 Å².